The van der Waals surface area contributed by atoms with Crippen LogP contribution in [0.1, 0.15) is 78.6 Å². The second kappa shape index (κ2) is 13.2. The summed E-state index contributed by atoms with van der Waals surface area (Å²) in [4.78, 5) is 4.84. The normalized spacial score (nSPS) is 17.1. The lowest BCUT2D eigenvalue weighted by atomic mass is 9.70. The van der Waals surface area contributed by atoms with E-state index in [9.17, 15) is 0 Å². The molecule has 60 heavy (non-hydrogen) atoms. The minimum absolute atomic E-state index is 0.00956. The van der Waals surface area contributed by atoms with Gasteiger partial charge in [-0.05, 0) is 165 Å². The molecule has 0 heterocycles. The number of fused-ring (bicyclic) bond motifs is 10. The second-order valence-electron chi connectivity index (χ2n) is 18.4. The number of hydrogen-bond donors (Lipinski definition) is 0. The van der Waals surface area contributed by atoms with Crippen LogP contribution in [0.5, 0.6) is 0 Å². The van der Waals surface area contributed by atoms with Crippen molar-refractivity contribution in [2.24, 2.45) is 0 Å². The Labute approximate surface area is 355 Å². The minimum Gasteiger partial charge on any atom is -0.311 e. The third-order valence-corrected chi connectivity index (χ3v) is 14.1. The Bertz CT molecular complexity index is 2940. The van der Waals surface area contributed by atoms with Crippen LogP contribution in [0.25, 0.3) is 22.3 Å². The van der Waals surface area contributed by atoms with Crippen molar-refractivity contribution >= 4 is 34.1 Å². The molecule has 8 aromatic rings. The van der Waals surface area contributed by atoms with Crippen LogP contribution in [-0.2, 0) is 16.2 Å². The molecule has 2 nitrogen and oxygen atoms in total. The van der Waals surface area contributed by atoms with E-state index < -0.39 is 0 Å². The van der Waals surface area contributed by atoms with E-state index in [4.69, 9.17) is 0 Å². The van der Waals surface area contributed by atoms with Crippen molar-refractivity contribution in [3.05, 3.63) is 226 Å². The molecule has 0 bridgehead atoms. The maximum Gasteiger partial charge on any atom is 0.0478 e. The van der Waals surface area contributed by atoms with Crippen LogP contribution in [0, 0.1) is 13.8 Å². The van der Waals surface area contributed by atoms with E-state index in [1.165, 1.54) is 72.4 Å². The Kier molecular flexibility index (Phi) is 8.01. The molecule has 2 heteroatoms. The number of hydrogen-bond acceptors (Lipinski definition) is 2. The molecule has 0 amide bonds. The molecule has 1 unspecified atom stereocenters. The van der Waals surface area contributed by atoms with Gasteiger partial charge >= 0.3 is 0 Å². The van der Waals surface area contributed by atoms with Crippen molar-refractivity contribution in [1.82, 2.24) is 0 Å². The summed E-state index contributed by atoms with van der Waals surface area (Å²) in [6, 6.07) is 67.8. The summed E-state index contributed by atoms with van der Waals surface area (Å²) in [5.74, 6) is 0. The van der Waals surface area contributed by atoms with Crippen molar-refractivity contribution in [3.8, 4) is 22.3 Å². The molecule has 1 spiro atoms. The van der Waals surface area contributed by atoms with Gasteiger partial charge in [0.1, 0.15) is 0 Å². The molecule has 0 saturated carbocycles. The maximum atomic E-state index is 2.55. The van der Waals surface area contributed by atoms with Gasteiger partial charge in [-0.3, -0.25) is 0 Å². The fourth-order valence-corrected chi connectivity index (χ4v) is 11.7. The van der Waals surface area contributed by atoms with Crippen molar-refractivity contribution in [2.75, 3.05) is 9.80 Å². The van der Waals surface area contributed by atoms with Gasteiger partial charge in [-0.25, -0.2) is 0 Å². The van der Waals surface area contributed by atoms with Crippen molar-refractivity contribution in [3.63, 3.8) is 0 Å². The van der Waals surface area contributed by atoms with Gasteiger partial charge in [-0.1, -0.05) is 137 Å². The summed E-state index contributed by atoms with van der Waals surface area (Å²) in [6.45, 7) is 14.3. The second-order valence-corrected chi connectivity index (χ2v) is 18.4. The zero-order chi connectivity index (χ0) is 41.0. The molecule has 292 valence electrons. The zero-order valence-corrected chi connectivity index (χ0v) is 35.4. The quantitative estimate of drug-likeness (QED) is 0.166. The lowest BCUT2D eigenvalue weighted by molar-refractivity contribution is 0.448. The smallest absolute Gasteiger partial charge is 0.0478 e. The molecule has 1 atom stereocenters. The number of nitrogens with zero attached hydrogens (tertiary/aromatic N) is 2. The molecule has 0 aliphatic heterocycles. The Morgan fingerprint density at radius 1 is 0.350 bits per heavy atom. The van der Waals surface area contributed by atoms with Crippen molar-refractivity contribution in [1.29, 1.82) is 0 Å². The number of benzene rings is 8. The van der Waals surface area contributed by atoms with E-state index in [0.717, 1.165) is 34.9 Å². The fourth-order valence-electron chi connectivity index (χ4n) is 11.7. The molecular formula is C58H50N2. The number of para-hydroxylation sites is 2. The number of rotatable bonds is 6. The molecule has 0 radical (unpaired) electrons. The van der Waals surface area contributed by atoms with Gasteiger partial charge in [0.15, 0.2) is 0 Å². The average Bonchev–Trinajstić information content (AvgIpc) is 3.79. The predicted molar refractivity (Wildman–Crippen MR) is 252 cm³/mol. The summed E-state index contributed by atoms with van der Waals surface area (Å²) >= 11 is 0. The zero-order valence-electron chi connectivity index (χ0n) is 35.4. The Morgan fingerprint density at radius 2 is 0.750 bits per heavy atom. The monoisotopic (exact) mass is 774 g/mol. The first kappa shape index (κ1) is 36.4. The lowest BCUT2D eigenvalue weighted by Gasteiger charge is -2.33. The molecule has 0 N–H and O–H groups in total. The highest BCUT2D eigenvalue weighted by Crippen LogP contribution is 2.64. The van der Waals surface area contributed by atoms with E-state index in [-0.39, 0.29) is 16.2 Å². The molecule has 0 aromatic heterocycles. The summed E-state index contributed by atoms with van der Waals surface area (Å²) < 4.78 is 0. The average molecular weight is 775 g/mol. The van der Waals surface area contributed by atoms with Crippen LogP contribution in [0.2, 0.25) is 0 Å². The van der Waals surface area contributed by atoms with E-state index >= 15 is 0 Å². The Morgan fingerprint density at radius 3 is 1.33 bits per heavy atom. The Balaban J connectivity index is 1.12. The van der Waals surface area contributed by atoms with Crippen LogP contribution in [0.4, 0.5) is 34.1 Å². The molecule has 8 aromatic carbocycles. The topological polar surface area (TPSA) is 6.48 Å². The van der Waals surface area contributed by atoms with E-state index in [1.54, 1.807) is 0 Å². The van der Waals surface area contributed by atoms with E-state index in [1.807, 2.05) is 0 Å². The number of aryl methyl sites for hydroxylation is 2. The van der Waals surface area contributed by atoms with Crippen LogP contribution in [0.3, 0.4) is 0 Å². The molecule has 11 rings (SSSR count). The standard InChI is InChI=1S/C58H50N2/c1-38-25-26-39(2)55-54(38)56(3,4)37-58(55)51-24-16-14-22-47(51)49-34-32-45(36-53(49)58)60(44-31-33-48-46-21-13-15-23-50(46)57(5,6)52(48)35-44)43-29-27-42(28-30-43)59(40-17-9-7-10-18-40)41-19-11-8-12-20-41/h7-36H,37H2,1-6H3. The van der Waals surface area contributed by atoms with Crippen molar-refractivity contribution in [2.45, 2.75) is 64.2 Å². The minimum atomic E-state index is -0.250. The van der Waals surface area contributed by atoms with Gasteiger partial charge < -0.3 is 9.80 Å². The SMILES string of the molecule is Cc1ccc(C)c2c1C(C)(C)CC21c2ccccc2-c2ccc(N(c3ccc(N(c4ccccc4)c4ccccc4)cc3)c3ccc4c(c3)C(C)(C)c3ccccc3-4)cc21. The van der Waals surface area contributed by atoms with Gasteiger partial charge in [0.2, 0.25) is 0 Å². The third kappa shape index (κ3) is 5.19. The van der Waals surface area contributed by atoms with Crippen LogP contribution in [0.15, 0.2) is 182 Å². The highest BCUT2D eigenvalue weighted by molar-refractivity contribution is 5.91. The van der Waals surface area contributed by atoms with Gasteiger partial charge in [0, 0.05) is 45.0 Å². The third-order valence-electron chi connectivity index (χ3n) is 14.1. The van der Waals surface area contributed by atoms with Gasteiger partial charge in [0.05, 0.1) is 0 Å². The Hall–Kier alpha value is -6.64. The summed E-state index contributed by atoms with van der Waals surface area (Å²) in [7, 11) is 0. The molecule has 0 fully saturated rings. The molecule has 0 saturated heterocycles. The summed E-state index contributed by atoms with van der Waals surface area (Å²) in [6.07, 6.45) is 1.03. The molecular weight excluding hydrogens is 725 g/mol. The highest BCUT2D eigenvalue weighted by Gasteiger charge is 2.55. The summed E-state index contributed by atoms with van der Waals surface area (Å²) in [5.41, 5.74) is 23.2. The fraction of sp³-hybridized carbons (Fsp3) is 0.172. The summed E-state index contributed by atoms with van der Waals surface area (Å²) in [5, 5.41) is 0. The van der Waals surface area contributed by atoms with Gasteiger partial charge in [0.25, 0.3) is 0 Å². The molecule has 3 aliphatic carbocycles. The highest BCUT2D eigenvalue weighted by atomic mass is 15.2. The first-order chi connectivity index (χ1) is 29.1. The van der Waals surface area contributed by atoms with Crippen LogP contribution in [-0.4, -0.2) is 0 Å². The van der Waals surface area contributed by atoms with Crippen LogP contribution >= 0.6 is 0 Å². The lowest BCUT2D eigenvalue weighted by Crippen LogP contribution is -2.27. The first-order valence-corrected chi connectivity index (χ1v) is 21.5. The first-order valence-electron chi connectivity index (χ1n) is 21.5. The predicted octanol–water partition coefficient (Wildman–Crippen LogP) is 15.5. The van der Waals surface area contributed by atoms with Crippen molar-refractivity contribution < 1.29 is 0 Å². The molecule has 3 aliphatic rings. The van der Waals surface area contributed by atoms with E-state index in [0.29, 0.717) is 0 Å². The largest absolute Gasteiger partial charge is 0.311 e. The van der Waals surface area contributed by atoms with E-state index in [2.05, 4.69) is 233 Å². The van der Waals surface area contributed by atoms with Crippen LogP contribution < -0.4 is 9.80 Å². The van der Waals surface area contributed by atoms with Gasteiger partial charge in [-0.2, -0.15) is 0 Å². The van der Waals surface area contributed by atoms with Gasteiger partial charge in [-0.15, -0.1) is 0 Å². The number of anilines is 6. The maximum absolute atomic E-state index is 2.55.